The Hall–Kier alpha value is -3.42. The molecule has 4 rings (SSSR count). The van der Waals surface area contributed by atoms with Gasteiger partial charge in [-0.05, 0) is 11.6 Å². The average molecular weight is 366 g/mol. The van der Waals surface area contributed by atoms with Crippen LogP contribution >= 0.6 is 0 Å². The minimum atomic E-state index is -0.477. The molecule has 8 nitrogen and oxygen atoms in total. The number of nitro groups is 1. The van der Waals surface area contributed by atoms with Gasteiger partial charge in [0.25, 0.3) is 11.7 Å². The van der Waals surface area contributed by atoms with Gasteiger partial charge in [0.05, 0.1) is 11.0 Å². The highest BCUT2D eigenvalue weighted by Gasteiger charge is 2.40. The molecule has 0 radical (unpaired) electrons. The monoisotopic (exact) mass is 366 g/mol. The van der Waals surface area contributed by atoms with E-state index in [4.69, 9.17) is 4.74 Å². The zero-order valence-electron chi connectivity index (χ0n) is 14.5. The van der Waals surface area contributed by atoms with Crippen molar-refractivity contribution in [1.29, 1.82) is 0 Å². The highest BCUT2D eigenvalue weighted by atomic mass is 16.6. The fraction of sp³-hybridized carbons (Fsp3) is 0.263. The van der Waals surface area contributed by atoms with Crippen molar-refractivity contribution in [2.75, 3.05) is 19.7 Å². The molecule has 1 atom stereocenters. The standard InChI is InChI=1S/C19H18N4O4/c24-18-12-22-15(11-21(18)10-14-6-2-1-3-7-14)13-27-19(22)20-16-8-4-5-9-17(16)23(25)26/h1-9,15H,10-13H2. The van der Waals surface area contributed by atoms with Gasteiger partial charge in [-0.3, -0.25) is 14.9 Å². The maximum absolute atomic E-state index is 12.6. The van der Waals surface area contributed by atoms with E-state index in [1.54, 1.807) is 23.1 Å². The number of aliphatic imine (C=N–C) groups is 1. The molecular weight excluding hydrogens is 348 g/mol. The SMILES string of the molecule is O=C1CN2C(=Nc3ccccc3[N+](=O)[O-])OCC2CN1Cc1ccccc1. The van der Waals surface area contributed by atoms with E-state index < -0.39 is 4.92 Å². The summed E-state index contributed by atoms with van der Waals surface area (Å²) in [4.78, 5) is 31.2. The first-order chi connectivity index (χ1) is 13.1. The summed E-state index contributed by atoms with van der Waals surface area (Å²) < 4.78 is 5.66. The van der Waals surface area contributed by atoms with Crippen LogP contribution in [-0.4, -0.2) is 52.4 Å². The fourth-order valence-electron chi connectivity index (χ4n) is 3.32. The van der Waals surface area contributed by atoms with Crippen molar-refractivity contribution in [2.24, 2.45) is 4.99 Å². The smallest absolute Gasteiger partial charge is 0.295 e. The summed E-state index contributed by atoms with van der Waals surface area (Å²) in [6.07, 6.45) is 0. The number of carbonyl (C=O) groups is 1. The molecule has 27 heavy (non-hydrogen) atoms. The van der Waals surface area contributed by atoms with E-state index in [1.165, 1.54) is 6.07 Å². The molecule has 2 aromatic rings. The molecule has 1 amide bonds. The number of para-hydroxylation sites is 2. The Morgan fingerprint density at radius 2 is 1.89 bits per heavy atom. The summed E-state index contributed by atoms with van der Waals surface area (Å²) >= 11 is 0. The van der Waals surface area contributed by atoms with Crippen molar-refractivity contribution >= 4 is 23.3 Å². The number of benzene rings is 2. The minimum Gasteiger partial charge on any atom is -0.463 e. The van der Waals surface area contributed by atoms with Gasteiger partial charge in [-0.1, -0.05) is 42.5 Å². The zero-order valence-corrected chi connectivity index (χ0v) is 14.5. The van der Waals surface area contributed by atoms with Crippen molar-refractivity contribution < 1.29 is 14.5 Å². The number of hydrogen-bond acceptors (Lipinski definition) is 5. The minimum absolute atomic E-state index is 0.00655. The topological polar surface area (TPSA) is 88.3 Å². The van der Waals surface area contributed by atoms with Crippen LogP contribution in [0.2, 0.25) is 0 Å². The molecule has 138 valence electrons. The molecule has 0 aliphatic carbocycles. The van der Waals surface area contributed by atoms with Crippen LogP contribution in [0.1, 0.15) is 5.56 Å². The second-order valence-electron chi connectivity index (χ2n) is 6.49. The van der Waals surface area contributed by atoms with E-state index in [-0.39, 0.29) is 35.9 Å². The first-order valence-corrected chi connectivity index (χ1v) is 8.65. The number of piperazine rings is 1. The highest BCUT2D eigenvalue weighted by Crippen LogP contribution is 2.29. The van der Waals surface area contributed by atoms with Crippen LogP contribution < -0.4 is 0 Å². The summed E-state index contributed by atoms with van der Waals surface area (Å²) in [6, 6.07) is 16.3. The van der Waals surface area contributed by atoms with Crippen LogP contribution in [0.15, 0.2) is 59.6 Å². The van der Waals surface area contributed by atoms with Crippen LogP contribution in [0.3, 0.4) is 0 Å². The lowest BCUT2D eigenvalue weighted by atomic mass is 10.1. The van der Waals surface area contributed by atoms with Gasteiger partial charge in [0.2, 0.25) is 5.91 Å². The average Bonchev–Trinajstić information content (AvgIpc) is 3.05. The second kappa shape index (κ2) is 7.06. The fourth-order valence-corrected chi connectivity index (χ4v) is 3.32. The number of amides is 1. The number of carbonyl (C=O) groups excluding carboxylic acids is 1. The van der Waals surface area contributed by atoms with Crippen LogP contribution in [0.5, 0.6) is 0 Å². The van der Waals surface area contributed by atoms with Crippen molar-refractivity contribution in [1.82, 2.24) is 9.80 Å². The number of ether oxygens (including phenoxy) is 1. The summed E-state index contributed by atoms with van der Waals surface area (Å²) in [6.45, 7) is 1.64. The molecule has 1 unspecified atom stereocenters. The molecule has 8 heteroatoms. The highest BCUT2D eigenvalue weighted by molar-refractivity contribution is 5.88. The zero-order chi connectivity index (χ0) is 18.8. The Morgan fingerprint density at radius 3 is 2.67 bits per heavy atom. The van der Waals surface area contributed by atoms with Gasteiger partial charge in [-0.15, -0.1) is 0 Å². The van der Waals surface area contributed by atoms with E-state index >= 15 is 0 Å². The Morgan fingerprint density at radius 1 is 1.15 bits per heavy atom. The molecule has 0 saturated carbocycles. The van der Waals surface area contributed by atoms with E-state index in [1.807, 2.05) is 35.2 Å². The molecule has 2 aromatic carbocycles. The van der Waals surface area contributed by atoms with Gasteiger partial charge in [-0.2, -0.15) is 4.99 Å². The van der Waals surface area contributed by atoms with Gasteiger partial charge in [-0.25, -0.2) is 0 Å². The Labute approximate surface area is 155 Å². The Kier molecular flexibility index (Phi) is 4.45. The molecule has 2 saturated heterocycles. The summed E-state index contributed by atoms with van der Waals surface area (Å²) in [5.74, 6) is -0.0177. The van der Waals surface area contributed by atoms with Crippen molar-refractivity contribution in [3.8, 4) is 0 Å². The van der Waals surface area contributed by atoms with Crippen LogP contribution in [0.4, 0.5) is 11.4 Å². The second-order valence-corrected chi connectivity index (χ2v) is 6.49. The molecule has 0 bridgehead atoms. The number of nitrogens with zero attached hydrogens (tertiary/aromatic N) is 4. The van der Waals surface area contributed by atoms with Crippen molar-refractivity contribution in [2.45, 2.75) is 12.6 Å². The van der Waals surface area contributed by atoms with Gasteiger partial charge < -0.3 is 14.5 Å². The lowest BCUT2D eigenvalue weighted by Gasteiger charge is -2.36. The van der Waals surface area contributed by atoms with E-state index in [0.717, 1.165) is 5.56 Å². The first kappa shape index (κ1) is 17.0. The van der Waals surface area contributed by atoms with Crippen LogP contribution in [-0.2, 0) is 16.1 Å². The number of hydrogen-bond donors (Lipinski definition) is 0. The number of amidine groups is 1. The van der Waals surface area contributed by atoms with Gasteiger partial charge in [0.1, 0.15) is 18.8 Å². The third kappa shape index (κ3) is 3.46. The molecular formula is C19H18N4O4. The number of fused-ring (bicyclic) bond motifs is 1. The molecule has 0 spiro atoms. The number of nitro benzene ring substituents is 1. The predicted octanol–water partition coefficient (Wildman–Crippen LogP) is 2.33. The van der Waals surface area contributed by atoms with Gasteiger partial charge in [0, 0.05) is 19.2 Å². The summed E-state index contributed by atoms with van der Waals surface area (Å²) in [5.41, 5.74) is 1.20. The third-order valence-electron chi connectivity index (χ3n) is 4.69. The maximum atomic E-state index is 12.6. The molecule has 2 aliphatic rings. The molecule has 2 aliphatic heterocycles. The van der Waals surface area contributed by atoms with Gasteiger partial charge in [0.15, 0.2) is 0 Å². The molecule has 2 heterocycles. The maximum Gasteiger partial charge on any atom is 0.295 e. The van der Waals surface area contributed by atoms with E-state index in [9.17, 15) is 14.9 Å². The summed E-state index contributed by atoms with van der Waals surface area (Å²) in [7, 11) is 0. The van der Waals surface area contributed by atoms with Crippen molar-refractivity contribution in [3.05, 3.63) is 70.3 Å². The lowest BCUT2D eigenvalue weighted by molar-refractivity contribution is -0.384. The Balaban J connectivity index is 1.52. The summed E-state index contributed by atoms with van der Waals surface area (Å²) in [5, 5.41) is 11.2. The van der Waals surface area contributed by atoms with E-state index in [0.29, 0.717) is 19.7 Å². The van der Waals surface area contributed by atoms with Crippen LogP contribution in [0.25, 0.3) is 0 Å². The largest absolute Gasteiger partial charge is 0.463 e. The first-order valence-electron chi connectivity index (χ1n) is 8.65. The normalized spacial score (nSPS) is 20.5. The molecule has 0 aromatic heterocycles. The number of rotatable bonds is 4. The molecule has 0 N–H and O–H groups in total. The van der Waals surface area contributed by atoms with Gasteiger partial charge >= 0.3 is 0 Å². The van der Waals surface area contributed by atoms with Crippen molar-refractivity contribution in [3.63, 3.8) is 0 Å². The lowest BCUT2D eigenvalue weighted by Crippen LogP contribution is -2.55. The predicted molar refractivity (Wildman–Crippen MR) is 98.5 cm³/mol. The third-order valence-corrected chi connectivity index (χ3v) is 4.69. The molecule has 2 fully saturated rings. The quantitative estimate of drug-likeness (QED) is 0.612. The van der Waals surface area contributed by atoms with Crippen LogP contribution in [0, 0.1) is 10.1 Å². The Bertz CT molecular complexity index is 900. The van der Waals surface area contributed by atoms with E-state index in [2.05, 4.69) is 4.99 Å².